The molecule has 3 aromatic rings. The molecule has 0 aliphatic heterocycles. The number of para-hydroxylation sites is 2. The van der Waals surface area contributed by atoms with Crippen molar-refractivity contribution in [3.8, 4) is 0 Å². The van der Waals surface area contributed by atoms with Gasteiger partial charge in [-0.3, -0.25) is 0 Å². The van der Waals surface area contributed by atoms with Gasteiger partial charge in [0, 0.05) is 11.4 Å². The molecule has 0 spiro atoms. The molecule has 3 rings (SSSR count). The smallest absolute Gasteiger partial charge is 0.126 e. The molecule has 2 aromatic carbocycles. The molecule has 190 valence electrons. The molecule has 2 unspecified atom stereocenters. The largest absolute Gasteiger partial charge is 0.462 e. The highest BCUT2D eigenvalue weighted by molar-refractivity contribution is 5.62. The van der Waals surface area contributed by atoms with Gasteiger partial charge in [-0.1, -0.05) is 91.8 Å². The van der Waals surface area contributed by atoms with E-state index < -0.39 is 0 Å². The van der Waals surface area contributed by atoms with Crippen LogP contribution in [0.2, 0.25) is 0 Å². The fraction of sp³-hybridized carbons (Fsp3) is 0.500. The van der Waals surface area contributed by atoms with Crippen molar-refractivity contribution in [1.82, 2.24) is 0 Å². The maximum Gasteiger partial charge on any atom is 0.126 e. The number of hydrogen-bond acceptors (Lipinski definition) is 3. The molecule has 0 fully saturated rings. The molecule has 0 bridgehead atoms. The SMILES string of the molecule is CC(C)c1cccc(C(C)C)c1NC(C)c1ccc(C(C)Nc2c(C(C)C)cccc2C(C)C)o1. The van der Waals surface area contributed by atoms with Gasteiger partial charge in [0.2, 0.25) is 0 Å². The molecular formula is C32H46N2O. The standard InChI is InChI=1S/C32H46N2O/c1-19(2)25-13-11-14-26(20(3)4)31(25)33-23(9)29-17-18-30(35-29)24(10)34-32-27(21(5)6)15-12-16-28(32)22(7)8/h11-24,33-34H,1-10H3. The third kappa shape index (κ3) is 6.12. The lowest BCUT2D eigenvalue weighted by atomic mass is 9.92. The van der Waals surface area contributed by atoms with Crippen molar-refractivity contribution < 1.29 is 4.42 Å². The highest BCUT2D eigenvalue weighted by atomic mass is 16.3. The summed E-state index contributed by atoms with van der Waals surface area (Å²) in [6.07, 6.45) is 0. The second-order valence-corrected chi connectivity index (χ2v) is 11.2. The Balaban J connectivity index is 1.85. The molecule has 0 radical (unpaired) electrons. The van der Waals surface area contributed by atoms with E-state index in [2.05, 4.69) is 128 Å². The Hall–Kier alpha value is -2.68. The van der Waals surface area contributed by atoms with E-state index in [0.29, 0.717) is 23.7 Å². The minimum Gasteiger partial charge on any atom is -0.462 e. The summed E-state index contributed by atoms with van der Waals surface area (Å²) >= 11 is 0. The normalized spacial score (nSPS) is 13.7. The fourth-order valence-electron chi connectivity index (χ4n) is 4.84. The van der Waals surface area contributed by atoms with Crippen molar-refractivity contribution in [2.45, 2.75) is 105 Å². The molecule has 1 aromatic heterocycles. The average Bonchev–Trinajstić information content (AvgIpc) is 3.29. The van der Waals surface area contributed by atoms with E-state index in [1.807, 2.05) is 0 Å². The number of furan rings is 1. The second kappa shape index (κ2) is 11.4. The van der Waals surface area contributed by atoms with Gasteiger partial charge in [0.15, 0.2) is 0 Å². The summed E-state index contributed by atoms with van der Waals surface area (Å²) in [6.45, 7) is 22.4. The third-order valence-corrected chi connectivity index (χ3v) is 6.97. The first-order valence-electron chi connectivity index (χ1n) is 13.4. The lowest BCUT2D eigenvalue weighted by Crippen LogP contribution is -2.12. The Bertz CT molecular complexity index is 968. The summed E-state index contributed by atoms with van der Waals surface area (Å²) in [5, 5.41) is 7.59. The number of nitrogens with one attached hydrogen (secondary N) is 2. The van der Waals surface area contributed by atoms with Crippen molar-refractivity contribution in [3.05, 3.63) is 82.3 Å². The van der Waals surface area contributed by atoms with Crippen LogP contribution >= 0.6 is 0 Å². The first-order chi connectivity index (χ1) is 16.5. The lowest BCUT2D eigenvalue weighted by molar-refractivity contribution is 0.437. The van der Waals surface area contributed by atoms with E-state index in [1.165, 1.54) is 33.6 Å². The van der Waals surface area contributed by atoms with Gasteiger partial charge in [-0.2, -0.15) is 0 Å². The first-order valence-corrected chi connectivity index (χ1v) is 13.4. The Morgan fingerprint density at radius 3 is 1.00 bits per heavy atom. The zero-order valence-corrected chi connectivity index (χ0v) is 23.5. The number of hydrogen-bond donors (Lipinski definition) is 2. The van der Waals surface area contributed by atoms with E-state index in [9.17, 15) is 0 Å². The number of rotatable bonds is 10. The van der Waals surface area contributed by atoms with Gasteiger partial charge in [0.05, 0.1) is 12.1 Å². The van der Waals surface area contributed by atoms with Gasteiger partial charge in [-0.15, -0.1) is 0 Å². The first kappa shape index (κ1) is 26.9. The van der Waals surface area contributed by atoms with Crippen LogP contribution in [0.15, 0.2) is 52.9 Å². The summed E-state index contributed by atoms with van der Waals surface area (Å²) < 4.78 is 6.43. The van der Waals surface area contributed by atoms with Gasteiger partial charge in [0.25, 0.3) is 0 Å². The predicted molar refractivity (Wildman–Crippen MR) is 152 cm³/mol. The minimum absolute atomic E-state index is 0.0718. The van der Waals surface area contributed by atoms with Gasteiger partial charge in [-0.25, -0.2) is 0 Å². The summed E-state index contributed by atoms with van der Waals surface area (Å²) in [4.78, 5) is 0. The monoisotopic (exact) mass is 474 g/mol. The summed E-state index contributed by atoms with van der Waals surface area (Å²) in [5.41, 5.74) is 7.93. The zero-order valence-electron chi connectivity index (χ0n) is 23.5. The maximum atomic E-state index is 6.43. The Kier molecular flexibility index (Phi) is 8.74. The molecule has 2 N–H and O–H groups in total. The Morgan fingerprint density at radius 1 is 0.457 bits per heavy atom. The van der Waals surface area contributed by atoms with E-state index >= 15 is 0 Å². The van der Waals surface area contributed by atoms with Gasteiger partial charge in [-0.05, 0) is 71.9 Å². The second-order valence-electron chi connectivity index (χ2n) is 11.2. The van der Waals surface area contributed by atoms with Crippen molar-refractivity contribution >= 4 is 11.4 Å². The van der Waals surface area contributed by atoms with E-state index in [1.54, 1.807) is 0 Å². The van der Waals surface area contributed by atoms with Gasteiger partial charge in [0.1, 0.15) is 11.5 Å². The van der Waals surface area contributed by atoms with Gasteiger partial charge < -0.3 is 15.1 Å². The topological polar surface area (TPSA) is 37.2 Å². The molecule has 3 nitrogen and oxygen atoms in total. The van der Waals surface area contributed by atoms with Crippen LogP contribution in [-0.2, 0) is 0 Å². The molecule has 2 atom stereocenters. The van der Waals surface area contributed by atoms with E-state index in [4.69, 9.17) is 4.42 Å². The molecule has 3 heteroatoms. The predicted octanol–water partition coefficient (Wildman–Crippen LogP) is 10.1. The summed E-state index contributed by atoms with van der Waals surface area (Å²) in [5.74, 6) is 3.74. The molecule has 0 saturated carbocycles. The highest BCUT2D eigenvalue weighted by Gasteiger charge is 2.21. The van der Waals surface area contributed by atoms with Crippen molar-refractivity contribution in [2.24, 2.45) is 0 Å². The summed E-state index contributed by atoms with van der Waals surface area (Å²) in [6, 6.07) is 17.7. The summed E-state index contributed by atoms with van der Waals surface area (Å²) in [7, 11) is 0. The van der Waals surface area contributed by atoms with Crippen molar-refractivity contribution in [2.75, 3.05) is 10.6 Å². The van der Waals surface area contributed by atoms with Crippen LogP contribution in [-0.4, -0.2) is 0 Å². The van der Waals surface area contributed by atoms with Crippen molar-refractivity contribution in [1.29, 1.82) is 0 Å². The van der Waals surface area contributed by atoms with Crippen LogP contribution < -0.4 is 10.6 Å². The Morgan fingerprint density at radius 2 is 0.743 bits per heavy atom. The van der Waals surface area contributed by atoms with Crippen LogP contribution in [0, 0.1) is 0 Å². The molecular weight excluding hydrogens is 428 g/mol. The molecule has 35 heavy (non-hydrogen) atoms. The molecule has 0 saturated heterocycles. The van der Waals surface area contributed by atoms with Crippen LogP contribution in [0.4, 0.5) is 11.4 Å². The average molecular weight is 475 g/mol. The zero-order chi connectivity index (χ0) is 25.9. The van der Waals surface area contributed by atoms with Crippen LogP contribution in [0.25, 0.3) is 0 Å². The molecule has 0 amide bonds. The minimum atomic E-state index is 0.0718. The van der Waals surface area contributed by atoms with Crippen LogP contribution in [0.3, 0.4) is 0 Å². The fourth-order valence-corrected chi connectivity index (χ4v) is 4.84. The van der Waals surface area contributed by atoms with Gasteiger partial charge >= 0.3 is 0 Å². The number of anilines is 2. The number of benzene rings is 2. The molecule has 0 aliphatic rings. The highest BCUT2D eigenvalue weighted by Crippen LogP contribution is 2.37. The lowest BCUT2D eigenvalue weighted by Gasteiger charge is -2.24. The van der Waals surface area contributed by atoms with Crippen LogP contribution in [0.1, 0.15) is 139 Å². The van der Waals surface area contributed by atoms with Crippen LogP contribution in [0.5, 0.6) is 0 Å². The van der Waals surface area contributed by atoms with E-state index in [-0.39, 0.29) is 12.1 Å². The molecule has 0 aliphatic carbocycles. The van der Waals surface area contributed by atoms with E-state index in [0.717, 1.165) is 11.5 Å². The third-order valence-electron chi connectivity index (χ3n) is 6.97. The molecule has 1 heterocycles. The van der Waals surface area contributed by atoms with Crippen molar-refractivity contribution in [3.63, 3.8) is 0 Å². The quantitative estimate of drug-likeness (QED) is 0.307. The Labute approximate surface area is 213 Å². The maximum absolute atomic E-state index is 6.43.